The van der Waals surface area contributed by atoms with Crippen molar-refractivity contribution in [3.8, 4) is 22.8 Å². The quantitative estimate of drug-likeness (QED) is 0.559. The van der Waals surface area contributed by atoms with Crippen LogP contribution in [0, 0.1) is 6.92 Å². The number of amides is 2. The Hall–Kier alpha value is -3.61. The van der Waals surface area contributed by atoms with Crippen LogP contribution in [-0.2, 0) is 4.74 Å². The van der Waals surface area contributed by atoms with E-state index < -0.39 is 5.60 Å². The molecule has 0 atom stereocenters. The maximum absolute atomic E-state index is 13.1. The molecule has 2 heterocycles. The number of oxazole rings is 1. The summed E-state index contributed by atoms with van der Waals surface area (Å²) in [6.07, 6.45) is 2.71. The SMILES string of the molecule is Cc1ccc(-c2cnc(-c3ccccc3C(=O)NC3CCN(C(=O)OC(C)(C)C)CC3)o2)cc1. The molecule has 0 aliphatic carbocycles. The van der Waals surface area contributed by atoms with E-state index in [0.717, 1.165) is 5.56 Å². The number of nitrogens with zero attached hydrogens (tertiary/aromatic N) is 2. The number of piperidine rings is 1. The number of hydrogen-bond donors (Lipinski definition) is 1. The lowest BCUT2D eigenvalue weighted by Crippen LogP contribution is -2.47. The van der Waals surface area contributed by atoms with Crippen LogP contribution in [0.3, 0.4) is 0 Å². The number of aromatic nitrogens is 1. The second-order valence-electron chi connectivity index (χ2n) is 9.66. The van der Waals surface area contributed by atoms with Crippen LogP contribution in [0.25, 0.3) is 22.8 Å². The number of carbonyl (C=O) groups excluding carboxylic acids is 2. The zero-order valence-corrected chi connectivity index (χ0v) is 20.1. The van der Waals surface area contributed by atoms with Crippen molar-refractivity contribution in [2.24, 2.45) is 0 Å². The van der Waals surface area contributed by atoms with E-state index in [0.29, 0.717) is 48.7 Å². The van der Waals surface area contributed by atoms with E-state index in [9.17, 15) is 9.59 Å². The van der Waals surface area contributed by atoms with Crippen LogP contribution < -0.4 is 5.32 Å². The monoisotopic (exact) mass is 461 g/mol. The highest BCUT2D eigenvalue weighted by Crippen LogP contribution is 2.28. The van der Waals surface area contributed by atoms with Crippen LogP contribution in [0.1, 0.15) is 49.5 Å². The van der Waals surface area contributed by atoms with E-state index in [1.807, 2.05) is 70.2 Å². The third-order valence-corrected chi connectivity index (χ3v) is 5.73. The Morgan fingerprint density at radius 3 is 2.41 bits per heavy atom. The molecule has 1 saturated heterocycles. The lowest BCUT2D eigenvalue weighted by Gasteiger charge is -2.33. The van der Waals surface area contributed by atoms with Crippen molar-refractivity contribution in [1.82, 2.24) is 15.2 Å². The van der Waals surface area contributed by atoms with Crippen molar-refractivity contribution < 1.29 is 18.7 Å². The van der Waals surface area contributed by atoms with Gasteiger partial charge >= 0.3 is 6.09 Å². The first-order chi connectivity index (χ1) is 16.2. The third kappa shape index (κ3) is 5.65. The van der Waals surface area contributed by atoms with Crippen molar-refractivity contribution >= 4 is 12.0 Å². The van der Waals surface area contributed by atoms with Gasteiger partial charge in [0.1, 0.15) is 5.60 Å². The molecule has 1 aliphatic heterocycles. The van der Waals surface area contributed by atoms with E-state index in [2.05, 4.69) is 10.3 Å². The molecule has 2 aromatic carbocycles. The van der Waals surface area contributed by atoms with Gasteiger partial charge in [0.25, 0.3) is 5.91 Å². The maximum Gasteiger partial charge on any atom is 0.410 e. The van der Waals surface area contributed by atoms with Crippen molar-refractivity contribution in [3.63, 3.8) is 0 Å². The van der Waals surface area contributed by atoms with Gasteiger partial charge in [0.05, 0.1) is 11.8 Å². The molecule has 2 amide bonds. The molecule has 1 N–H and O–H groups in total. The maximum atomic E-state index is 13.1. The van der Waals surface area contributed by atoms with E-state index in [-0.39, 0.29) is 18.0 Å². The summed E-state index contributed by atoms with van der Waals surface area (Å²) < 4.78 is 11.5. The number of likely N-dealkylation sites (tertiary alicyclic amines) is 1. The number of carbonyl (C=O) groups is 2. The summed E-state index contributed by atoms with van der Waals surface area (Å²) >= 11 is 0. The van der Waals surface area contributed by atoms with Gasteiger partial charge in [-0.15, -0.1) is 0 Å². The Morgan fingerprint density at radius 1 is 1.06 bits per heavy atom. The van der Waals surface area contributed by atoms with Crippen LogP contribution in [0.2, 0.25) is 0 Å². The minimum atomic E-state index is -0.523. The average Bonchev–Trinajstić information content (AvgIpc) is 3.29. The number of hydrogen-bond acceptors (Lipinski definition) is 5. The van der Waals surface area contributed by atoms with Crippen LogP contribution in [0.4, 0.5) is 4.79 Å². The molecule has 0 saturated carbocycles. The molecule has 1 fully saturated rings. The van der Waals surface area contributed by atoms with Gasteiger partial charge in [0.2, 0.25) is 5.89 Å². The number of rotatable bonds is 4. The Labute approximate surface area is 200 Å². The lowest BCUT2D eigenvalue weighted by atomic mass is 10.0. The molecule has 7 heteroatoms. The summed E-state index contributed by atoms with van der Waals surface area (Å²) in [5, 5.41) is 3.11. The lowest BCUT2D eigenvalue weighted by molar-refractivity contribution is 0.0199. The van der Waals surface area contributed by atoms with E-state index in [1.54, 1.807) is 17.2 Å². The summed E-state index contributed by atoms with van der Waals surface area (Å²) in [6.45, 7) is 8.68. The molecule has 3 aromatic rings. The van der Waals surface area contributed by atoms with Crippen LogP contribution in [0.5, 0.6) is 0 Å². The molecule has 0 spiro atoms. The van der Waals surface area contributed by atoms with Crippen molar-refractivity contribution in [2.75, 3.05) is 13.1 Å². The molecule has 34 heavy (non-hydrogen) atoms. The Kier molecular flexibility index (Phi) is 6.72. The molecule has 7 nitrogen and oxygen atoms in total. The number of aryl methyl sites for hydroxylation is 1. The van der Waals surface area contributed by atoms with Crippen molar-refractivity contribution in [1.29, 1.82) is 0 Å². The molecular formula is C27H31N3O4. The molecule has 0 unspecified atom stereocenters. The van der Waals surface area contributed by atoms with Crippen molar-refractivity contribution in [3.05, 3.63) is 65.9 Å². The van der Waals surface area contributed by atoms with Crippen LogP contribution >= 0.6 is 0 Å². The minimum absolute atomic E-state index is 0.0214. The van der Waals surface area contributed by atoms with Gasteiger partial charge in [-0.05, 0) is 52.7 Å². The molecule has 0 radical (unpaired) electrons. The summed E-state index contributed by atoms with van der Waals surface area (Å²) in [7, 11) is 0. The van der Waals surface area contributed by atoms with Gasteiger partial charge in [-0.1, -0.05) is 42.0 Å². The topological polar surface area (TPSA) is 84.7 Å². The van der Waals surface area contributed by atoms with Gasteiger partial charge in [0, 0.05) is 30.3 Å². The summed E-state index contributed by atoms with van der Waals surface area (Å²) in [4.78, 5) is 31.5. The van der Waals surface area contributed by atoms with E-state index >= 15 is 0 Å². The fourth-order valence-electron chi connectivity index (χ4n) is 3.91. The van der Waals surface area contributed by atoms with Gasteiger partial charge in [-0.25, -0.2) is 9.78 Å². The first kappa shape index (κ1) is 23.5. The zero-order chi connectivity index (χ0) is 24.3. The number of nitrogens with one attached hydrogen (secondary N) is 1. The van der Waals surface area contributed by atoms with E-state index in [4.69, 9.17) is 9.15 Å². The van der Waals surface area contributed by atoms with Crippen LogP contribution in [-0.4, -0.2) is 46.6 Å². The highest BCUT2D eigenvalue weighted by molar-refractivity contribution is 6.00. The Bertz CT molecular complexity index is 1150. The standard InChI is InChI=1S/C27H31N3O4/c1-18-9-11-19(12-10-18)23-17-28-25(33-23)22-8-6-5-7-21(22)24(31)29-20-13-15-30(16-14-20)26(32)34-27(2,3)4/h5-12,17,20H,13-16H2,1-4H3,(H,29,31). The summed E-state index contributed by atoms with van der Waals surface area (Å²) in [5.41, 5.74) is 2.73. The largest absolute Gasteiger partial charge is 0.444 e. The highest BCUT2D eigenvalue weighted by atomic mass is 16.6. The van der Waals surface area contributed by atoms with Crippen LogP contribution in [0.15, 0.2) is 59.1 Å². The van der Waals surface area contributed by atoms with E-state index in [1.165, 1.54) is 5.56 Å². The molecular weight excluding hydrogens is 430 g/mol. The zero-order valence-electron chi connectivity index (χ0n) is 20.1. The third-order valence-electron chi connectivity index (χ3n) is 5.73. The van der Waals surface area contributed by atoms with Gasteiger partial charge in [-0.2, -0.15) is 0 Å². The number of benzene rings is 2. The normalized spacial score (nSPS) is 14.6. The Morgan fingerprint density at radius 2 is 1.74 bits per heavy atom. The molecule has 0 bridgehead atoms. The average molecular weight is 462 g/mol. The van der Waals surface area contributed by atoms with Gasteiger partial charge < -0.3 is 19.4 Å². The smallest absolute Gasteiger partial charge is 0.410 e. The first-order valence-electron chi connectivity index (χ1n) is 11.6. The molecule has 4 rings (SSSR count). The fourth-order valence-corrected chi connectivity index (χ4v) is 3.91. The first-order valence-corrected chi connectivity index (χ1v) is 11.6. The predicted octanol–water partition coefficient (Wildman–Crippen LogP) is 5.45. The summed E-state index contributed by atoms with van der Waals surface area (Å²) in [6, 6.07) is 15.3. The Balaban J connectivity index is 1.42. The summed E-state index contributed by atoms with van der Waals surface area (Å²) in [5.74, 6) is 0.877. The second-order valence-corrected chi connectivity index (χ2v) is 9.66. The predicted molar refractivity (Wildman–Crippen MR) is 130 cm³/mol. The fraction of sp³-hybridized carbons (Fsp3) is 0.370. The highest BCUT2D eigenvalue weighted by Gasteiger charge is 2.28. The number of ether oxygens (including phenoxy) is 1. The van der Waals surface area contributed by atoms with Gasteiger partial charge in [-0.3, -0.25) is 4.79 Å². The van der Waals surface area contributed by atoms with Gasteiger partial charge in [0.15, 0.2) is 5.76 Å². The molecule has 178 valence electrons. The molecule has 1 aliphatic rings. The second kappa shape index (κ2) is 9.71. The molecule has 1 aromatic heterocycles. The minimum Gasteiger partial charge on any atom is -0.444 e. The van der Waals surface area contributed by atoms with Crippen molar-refractivity contribution in [2.45, 2.75) is 52.2 Å².